The Morgan fingerprint density at radius 3 is 2.50 bits per heavy atom. The molecule has 6 nitrogen and oxygen atoms in total. The number of carbonyl (C=O) groups is 2. The number of carbonyl (C=O) groups excluding carboxylic acids is 2. The van der Waals surface area contributed by atoms with Gasteiger partial charge in [-0.05, 0) is 36.4 Å². The molecular weight excluding hydrogens is 378 g/mol. The molecule has 0 atom stereocenters. The number of fused-ring (bicyclic) bond motifs is 1. The van der Waals surface area contributed by atoms with E-state index in [0.717, 1.165) is 10.0 Å². The molecule has 1 heterocycles. The lowest BCUT2D eigenvalue weighted by molar-refractivity contribution is -0.114. The van der Waals surface area contributed by atoms with Gasteiger partial charge in [0, 0.05) is 22.6 Å². The third-order valence-corrected chi connectivity index (χ3v) is 4.08. The monoisotopic (exact) mass is 391 g/mol. The number of hydrogen-bond acceptors (Lipinski definition) is 5. The smallest absolute Gasteiger partial charge is 0.338 e. The third kappa shape index (κ3) is 3.68. The van der Waals surface area contributed by atoms with Crippen LogP contribution in [0.2, 0.25) is 0 Å². The molecule has 1 N–H and O–H groups in total. The molecule has 0 saturated carbocycles. The van der Waals surface area contributed by atoms with Gasteiger partial charge in [0.2, 0.25) is 12.7 Å². The molecule has 2 aromatic rings. The van der Waals surface area contributed by atoms with Crippen molar-refractivity contribution in [2.45, 2.75) is 13.5 Å². The second-order valence-corrected chi connectivity index (χ2v) is 5.99. The zero-order valence-corrected chi connectivity index (χ0v) is 14.4. The van der Waals surface area contributed by atoms with Crippen LogP contribution in [0.3, 0.4) is 0 Å². The SMILES string of the molecule is CC(=O)Nc1ccc(C(=O)OCc2cc3c(cc2Br)OCO3)cc1. The van der Waals surface area contributed by atoms with Gasteiger partial charge in [0.25, 0.3) is 0 Å². The van der Waals surface area contributed by atoms with Crippen LogP contribution in [-0.2, 0) is 16.1 Å². The van der Waals surface area contributed by atoms with E-state index in [1.807, 2.05) is 0 Å². The summed E-state index contributed by atoms with van der Waals surface area (Å²) in [5.41, 5.74) is 1.81. The first-order valence-electron chi connectivity index (χ1n) is 7.16. The van der Waals surface area contributed by atoms with E-state index in [2.05, 4.69) is 21.2 Å². The quantitative estimate of drug-likeness (QED) is 0.807. The van der Waals surface area contributed by atoms with Crippen LogP contribution in [0.1, 0.15) is 22.8 Å². The fourth-order valence-corrected chi connectivity index (χ4v) is 2.63. The number of halogens is 1. The Morgan fingerprint density at radius 2 is 1.83 bits per heavy atom. The van der Waals surface area contributed by atoms with Crippen LogP contribution in [0.4, 0.5) is 5.69 Å². The maximum absolute atomic E-state index is 12.1. The first kappa shape index (κ1) is 16.3. The van der Waals surface area contributed by atoms with Gasteiger partial charge in [-0.2, -0.15) is 0 Å². The summed E-state index contributed by atoms with van der Waals surface area (Å²) in [6.07, 6.45) is 0. The summed E-state index contributed by atoms with van der Waals surface area (Å²) in [6, 6.07) is 10.1. The normalized spacial score (nSPS) is 11.9. The Balaban J connectivity index is 1.64. The number of rotatable bonds is 4. The van der Waals surface area contributed by atoms with E-state index >= 15 is 0 Å². The van der Waals surface area contributed by atoms with Gasteiger partial charge in [-0.1, -0.05) is 15.9 Å². The predicted molar refractivity (Wildman–Crippen MR) is 90.1 cm³/mol. The molecule has 3 rings (SSSR count). The third-order valence-electron chi connectivity index (χ3n) is 3.34. The van der Waals surface area contributed by atoms with Crippen molar-refractivity contribution in [3.63, 3.8) is 0 Å². The molecule has 124 valence electrons. The zero-order valence-electron chi connectivity index (χ0n) is 12.8. The molecule has 1 aliphatic heterocycles. The maximum Gasteiger partial charge on any atom is 0.338 e. The van der Waals surface area contributed by atoms with E-state index in [-0.39, 0.29) is 19.3 Å². The highest BCUT2D eigenvalue weighted by molar-refractivity contribution is 9.10. The van der Waals surface area contributed by atoms with Gasteiger partial charge in [0.15, 0.2) is 11.5 Å². The molecule has 0 aromatic heterocycles. The first-order chi connectivity index (χ1) is 11.5. The highest BCUT2D eigenvalue weighted by Gasteiger charge is 2.17. The minimum atomic E-state index is -0.450. The fraction of sp³-hybridized carbons (Fsp3) is 0.176. The summed E-state index contributed by atoms with van der Waals surface area (Å²) in [7, 11) is 0. The second-order valence-electron chi connectivity index (χ2n) is 5.13. The van der Waals surface area contributed by atoms with Crippen molar-refractivity contribution >= 4 is 33.5 Å². The van der Waals surface area contributed by atoms with Gasteiger partial charge in [-0.25, -0.2) is 4.79 Å². The molecule has 2 aromatic carbocycles. The molecule has 7 heteroatoms. The number of anilines is 1. The predicted octanol–water partition coefficient (Wildman–Crippen LogP) is 3.49. The Morgan fingerprint density at radius 1 is 1.17 bits per heavy atom. The highest BCUT2D eigenvalue weighted by atomic mass is 79.9. The molecule has 0 aliphatic carbocycles. The molecule has 0 saturated heterocycles. The lowest BCUT2D eigenvalue weighted by Gasteiger charge is -2.09. The molecule has 0 spiro atoms. The van der Waals surface area contributed by atoms with Crippen molar-refractivity contribution in [1.29, 1.82) is 0 Å². The van der Waals surface area contributed by atoms with Crippen molar-refractivity contribution in [3.05, 3.63) is 52.0 Å². The van der Waals surface area contributed by atoms with Gasteiger partial charge >= 0.3 is 5.97 Å². The second kappa shape index (κ2) is 6.92. The van der Waals surface area contributed by atoms with Crippen LogP contribution < -0.4 is 14.8 Å². The summed E-state index contributed by atoms with van der Waals surface area (Å²) < 4.78 is 16.7. The number of benzene rings is 2. The summed E-state index contributed by atoms with van der Waals surface area (Å²) in [6.45, 7) is 1.71. The standard InChI is InChI=1S/C17H14BrNO5/c1-10(20)19-13-4-2-11(3-5-13)17(21)22-8-12-6-15-16(7-14(12)18)24-9-23-15/h2-7H,8-9H2,1H3,(H,19,20). The van der Waals surface area contributed by atoms with E-state index in [1.54, 1.807) is 36.4 Å². The Kier molecular flexibility index (Phi) is 4.71. The maximum atomic E-state index is 12.1. The minimum absolute atomic E-state index is 0.101. The van der Waals surface area contributed by atoms with Crippen molar-refractivity contribution in [2.75, 3.05) is 12.1 Å². The molecule has 1 amide bonds. The zero-order chi connectivity index (χ0) is 17.1. The summed E-state index contributed by atoms with van der Waals surface area (Å²) in [5, 5.41) is 2.64. The molecule has 0 fully saturated rings. The number of hydrogen-bond donors (Lipinski definition) is 1. The summed E-state index contributed by atoms with van der Waals surface area (Å²) in [5.74, 6) is 0.668. The number of nitrogens with one attached hydrogen (secondary N) is 1. The minimum Gasteiger partial charge on any atom is -0.457 e. The van der Waals surface area contributed by atoms with Crippen LogP contribution in [0.15, 0.2) is 40.9 Å². The summed E-state index contributed by atoms with van der Waals surface area (Å²) in [4.78, 5) is 23.1. The van der Waals surface area contributed by atoms with E-state index < -0.39 is 5.97 Å². The molecule has 0 radical (unpaired) electrons. The van der Waals surface area contributed by atoms with Crippen LogP contribution in [0.5, 0.6) is 11.5 Å². The van der Waals surface area contributed by atoms with Crippen LogP contribution in [0.25, 0.3) is 0 Å². The molecule has 0 unspecified atom stereocenters. The van der Waals surface area contributed by atoms with E-state index in [4.69, 9.17) is 14.2 Å². The lowest BCUT2D eigenvalue weighted by Crippen LogP contribution is -2.08. The Bertz CT molecular complexity index is 788. The van der Waals surface area contributed by atoms with Crippen molar-refractivity contribution in [3.8, 4) is 11.5 Å². The van der Waals surface area contributed by atoms with Crippen molar-refractivity contribution in [2.24, 2.45) is 0 Å². The van der Waals surface area contributed by atoms with Gasteiger partial charge < -0.3 is 19.5 Å². The fourth-order valence-electron chi connectivity index (χ4n) is 2.19. The molecule has 0 bridgehead atoms. The highest BCUT2D eigenvalue weighted by Crippen LogP contribution is 2.37. The molecule has 24 heavy (non-hydrogen) atoms. The van der Waals surface area contributed by atoms with Crippen molar-refractivity contribution in [1.82, 2.24) is 0 Å². The topological polar surface area (TPSA) is 73.9 Å². The van der Waals surface area contributed by atoms with Crippen LogP contribution in [0, 0.1) is 0 Å². The first-order valence-corrected chi connectivity index (χ1v) is 7.95. The number of esters is 1. The van der Waals surface area contributed by atoms with Crippen LogP contribution >= 0.6 is 15.9 Å². The molecular formula is C17H14BrNO5. The van der Waals surface area contributed by atoms with E-state index in [9.17, 15) is 9.59 Å². The average molecular weight is 392 g/mol. The van der Waals surface area contributed by atoms with Crippen LogP contribution in [-0.4, -0.2) is 18.7 Å². The van der Waals surface area contributed by atoms with Gasteiger partial charge in [-0.3, -0.25) is 4.79 Å². The lowest BCUT2D eigenvalue weighted by atomic mass is 10.2. The van der Waals surface area contributed by atoms with Gasteiger partial charge in [0.05, 0.1) is 5.56 Å². The van der Waals surface area contributed by atoms with Gasteiger partial charge in [-0.15, -0.1) is 0 Å². The summed E-state index contributed by atoms with van der Waals surface area (Å²) >= 11 is 3.42. The Hall–Kier alpha value is -2.54. The van der Waals surface area contributed by atoms with Crippen molar-refractivity contribution < 1.29 is 23.8 Å². The average Bonchev–Trinajstić information content (AvgIpc) is 2.99. The number of amides is 1. The van der Waals surface area contributed by atoms with E-state index in [1.165, 1.54) is 6.92 Å². The Labute approximate surface area is 146 Å². The number of ether oxygens (including phenoxy) is 3. The van der Waals surface area contributed by atoms with Gasteiger partial charge in [0.1, 0.15) is 6.61 Å². The largest absolute Gasteiger partial charge is 0.457 e. The van der Waals surface area contributed by atoms with E-state index in [0.29, 0.717) is 22.7 Å². The molecule has 1 aliphatic rings.